The Balaban J connectivity index is 2.45. The molecule has 3 unspecified atom stereocenters. The zero-order valence-electron chi connectivity index (χ0n) is 10.6. The van der Waals surface area contributed by atoms with Crippen molar-refractivity contribution in [2.45, 2.75) is 52.3 Å². The van der Waals surface area contributed by atoms with Gasteiger partial charge >= 0.3 is 0 Å². The molecule has 0 aliphatic carbocycles. The summed E-state index contributed by atoms with van der Waals surface area (Å²) in [7, 11) is 0. The zero-order chi connectivity index (χ0) is 11.3. The lowest BCUT2D eigenvalue weighted by atomic mass is 10.1. The smallest absolute Gasteiger partial charge is 0.0674 e. The van der Waals surface area contributed by atoms with Crippen LogP contribution >= 0.6 is 0 Å². The predicted octanol–water partition coefficient (Wildman–Crippen LogP) is 1.48. The number of nitrogens with zero attached hydrogens (tertiary/aromatic N) is 1. The van der Waals surface area contributed by atoms with Crippen LogP contribution in [0.3, 0.4) is 0 Å². The van der Waals surface area contributed by atoms with Crippen LogP contribution in [0.25, 0.3) is 0 Å². The second-order valence-electron chi connectivity index (χ2n) is 4.62. The van der Waals surface area contributed by atoms with Gasteiger partial charge in [-0.3, -0.25) is 4.90 Å². The van der Waals surface area contributed by atoms with Gasteiger partial charge in [-0.15, -0.1) is 0 Å². The molecule has 90 valence electrons. The largest absolute Gasteiger partial charge is 0.377 e. The maximum atomic E-state index is 5.66. The quantitative estimate of drug-likeness (QED) is 0.767. The molecule has 0 radical (unpaired) electrons. The van der Waals surface area contributed by atoms with E-state index in [0.717, 1.165) is 26.1 Å². The highest BCUT2D eigenvalue weighted by atomic mass is 16.5. The van der Waals surface area contributed by atoms with Crippen molar-refractivity contribution in [3.63, 3.8) is 0 Å². The molecule has 3 heteroatoms. The molecule has 1 heterocycles. The molecule has 0 aromatic rings. The average Bonchev–Trinajstić information content (AvgIpc) is 2.42. The van der Waals surface area contributed by atoms with Gasteiger partial charge in [0.2, 0.25) is 0 Å². The number of ether oxygens (including phenoxy) is 1. The van der Waals surface area contributed by atoms with Gasteiger partial charge in [0.05, 0.1) is 6.10 Å². The minimum absolute atomic E-state index is 0.378. The molecule has 0 amide bonds. The first-order valence-electron chi connectivity index (χ1n) is 6.24. The van der Waals surface area contributed by atoms with Crippen LogP contribution in [0, 0.1) is 0 Å². The molecule has 1 saturated heterocycles. The van der Waals surface area contributed by atoms with Crippen LogP contribution in [-0.4, -0.2) is 49.3 Å². The summed E-state index contributed by atoms with van der Waals surface area (Å²) >= 11 is 0. The maximum absolute atomic E-state index is 5.66. The van der Waals surface area contributed by atoms with Crippen LogP contribution < -0.4 is 5.32 Å². The number of likely N-dealkylation sites (N-methyl/N-ethyl adjacent to an activating group) is 1. The third-order valence-electron chi connectivity index (χ3n) is 3.31. The third kappa shape index (κ3) is 4.09. The number of rotatable bonds is 4. The van der Waals surface area contributed by atoms with E-state index in [-0.39, 0.29) is 0 Å². The molecule has 0 aromatic carbocycles. The van der Waals surface area contributed by atoms with E-state index in [1.807, 2.05) is 0 Å². The first kappa shape index (κ1) is 12.9. The second-order valence-corrected chi connectivity index (χ2v) is 4.62. The Hall–Kier alpha value is -0.120. The van der Waals surface area contributed by atoms with Crippen LogP contribution in [0.2, 0.25) is 0 Å². The van der Waals surface area contributed by atoms with E-state index in [0.29, 0.717) is 18.2 Å². The van der Waals surface area contributed by atoms with Crippen LogP contribution in [0.4, 0.5) is 0 Å². The lowest BCUT2D eigenvalue weighted by molar-refractivity contribution is 0.0590. The summed E-state index contributed by atoms with van der Waals surface area (Å²) in [6.07, 6.45) is 1.54. The molecule has 1 aliphatic heterocycles. The topological polar surface area (TPSA) is 24.5 Å². The molecule has 1 aliphatic rings. The average molecular weight is 214 g/mol. The van der Waals surface area contributed by atoms with Crippen molar-refractivity contribution in [3.8, 4) is 0 Å². The van der Waals surface area contributed by atoms with Gasteiger partial charge in [-0.2, -0.15) is 0 Å². The van der Waals surface area contributed by atoms with E-state index < -0.39 is 0 Å². The highest BCUT2D eigenvalue weighted by molar-refractivity contribution is 4.80. The normalized spacial score (nSPS) is 28.4. The van der Waals surface area contributed by atoms with E-state index in [4.69, 9.17) is 4.74 Å². The van der Waals surface area contributed by atoms with E-state index in [1.54, 1.807) is 0 Å². The fraction of sp³-hybridized carbons (Fsp3) is 1.00. The van der Waals surface area contributed by atoms with Crippen molar-refractivity contribution >= 4 is 0 Å². The standard InChI is InChI=1S/C12H26N2O/c1-5-13-11(3)12(4)14-7-6-8-15-10(2)9-14/h10-13H,5-9H2,1-4H3. The van der Waals surface area contributed by atoms with Crippen molar-refractivity contribution < 1.29 is 4.74 Å². The molecule has 0 bridgehead atoms. The Morgan fingerprint density at radius 2 is 2.20 bits per heavy atom. The first-order chi connectivity index (χ1) is 7.15. The SMILES string of the molecule is CCNC(C)C(C)N1CCCOC(C)C1. The van der Waals surface area contributed by atoms with Gasteiger partial charge in [0.15, 0.2) is 0 Å². The van der Waals surface area contributed by atoms with E-state index in [1.165, 1.54) is 6.54 Å². The van der Waals surface area contributed by atoms with Crippen molar-refractivity contribution in [1.82, 2.24) is 10.2 Å². The molecule has 1 rings (SSSR count). The van der Waals surface area contributed by atoms with Crippen LogP contribution in [-0.2, 0) is 4.74 Å². The van der Waals surface area contributed by atoms with Gasteiger partial charge in [-0.05, 0) is 33.7 Å². The van der Waals surface area contributed by atoms with E-state index >= 15 is 0 Å². The van der Waals surface area contributed by atoms with Gasteiger partial charge in [-0.25, -0.2) is 0 Å². The van der Waals surface area contributed by atoms with Gasteiger partial charge in [0, 0.05) is 31.8 Å². The molecule has 3 nitrogen and oxygen atoms in total. The van der Waals surface area contributed by atoms with Crippen LogP contribution in [0.1, 0.15) is 34.1 Å². The van der Waals surface area contributed by atoms with Gasteiger partial charge in [0.25, 0.3) is 0 Å². The number of hydrogen-bond donors (Lipinski definition) is 1. The lowest BCUT2D eigenvalue weighted by Gasteiger charge is -2.33. The summed E-state index contributed by atoms with van der Waals surface area (Å²) in [6, 6.07) is 1.15. The Bertz CT molecular complexity index is 175. The van der Waals surface area contributed by atoms with Crippen molar-refractivity contribution in [2.75, 3.05) is 26.2 Å². The maximum Gasteiger partial charge on any atom is 0.0674 e. The summed E-state index contributed by atoms with van der Waals surface area (Å²) in [5.74, 6) is 0. The fourth-order valence-corrected chi connectivity index (χ4v) is 2.21. The molecular weight excluding hydrogens is 188 g/mol. The van der Waals surface area contributed by atoms with Crippen LogP contribution in [0.5, 0.6) is 0 Å². The van der Waals surface area contributed by atoms with Gasteiger partial charge < -0.3 is 10.1 Å². The minimum atomic E-state index is 0.378. The zero-order valence-corrected chi connectivity index (χ0v) is 10.6. The number of nitrogens with one attached hydrogen (secondary N) is 1. The lowest BCUT2D eigenvalue weighted by Crippen LogP contribution is -2.48. The number of hydrogen-bond acceptors (Lipinski definition) is 3. The van der Waals surface area contributed by atoms with E-state index in [2.05, 4.69) is 37.9 Å². The fourth-order valence-electron chi connectivity index (χ4n) is 2.21. The van der Waals surface area contributed by atoms with Gasteiger partial charge in [0.1, 0.15) is 0 Å². The molecule has 0 spiro atoms. The van der Waals surface area contributed by atoms with Crippen LogP contribution in [0.15, 0.2) is 0 Å². The summed E-state index contributed by atoms with van der Waals surface area (Å²) < 4.78 is 5.66. The highest BCUT2D eigenvalue weighted by Crippen LogP contribution is 2.11. The second kappa shape index (κ2) is 6.46. The minimum Gasteiger partial charge on any atom is -0.377 e. The summed E-state index contributed by atoms with van der Waals surface area (Å²) in [6.45, 7) is 13.1. The molecule has 1 N–H and O–H groups in total. The van der Waals surface area contributed by atoms with Crippen molar-refractivity contribution in [2.24, 2.45) is 0 Å². The third-order valence-corrected chi connectivity index (χ3v) is 3.31. The molecule has 0 saturated carbocycles. The Morgan fingerprint density at radius 1 is 1.47 bits per heavy atom. The summed E-state index contributed by atoms with van der Waals surface area (Å²) in [4.78, 5) is 2.55. The highest BCUT2D eigenvalue weighted by Gasteiger charge is 2.23. The van der Waals surface area contributed by atoms with Crippen molar-refractivity contribution in [1.29, 1.82) is 0 Å². The molecule has 3 atom stereocenters. The molecular formula is C12H26N2O. The van der Waals surface area contributed by atoms with Crippen molar-refractivity contribution in [3.05, 3.63) is 0 Å². The first-order valence-corrected chi connectivity index (χ1v) is 6.24. The Kier molecular flexibility index (Phi) is 5.58. The molecule has 0 aromatic heterocycles. The Labute approximate surface area is 94.2 Å². The van der Waals surface area contributed by atoms with E-state index in [9.17, 15) is 0 Å². The Morgan fingerprint density at radius 3 is 2.87 bits per heavy atom. The summed E-state index contributed by atoms with van der Waals surface area (Å²) in [5.41, 5.74) is 0. The van der Waals surface area contributed by atoms with Gasteiger partial charge in [-0.1, -0.05) is 6.92 Å². The monoisotopic (exact) mass is 214 g/mol. The predicted molar refractivity (Wildman–Crippen MR) is 64.2 cm³/mol. The molecule has 15 heavy (non-hydrogen) atoms. The molecule has 1 fully saturated rings. The summed E-state index contributed by atoms with van der Waals surface area (Å²) in [5, 5.41) is 3.50.